The fourth-order valence-corrected chi connectivity index (χ4v) is 10.9. The minimum atomic E-state index is 0.720. The summed E-state index contributed by atoms with van der Waals surface area (Å²) in [5.74, 6) is 0.720. The normalized spacial score (nSPS) is 11.8. The number of fused-ring (bicyclic) bond motifs is 10. The number of hydrogen-bond donors (Lipinski definition) is 0. The second kappa shape index (κ2) is 15.2. The highest BCUT2D eigenvalue weighted by Gasteiger charge is 2.23. The molecule has 0 radical (unpaired) electrons. The predicted molar refractivity (Wildman–Crippen MR) is 285 cm³/mol. The Labute approximate surface area is 392 Å². The molecule has 316 valence electrons. The molecule has 0 aliphatic heterocycles. The van der Waals surface area contributed by atoms with Gasteiger partial charge in [0.25, 0.3) is 0 Å². The lowest BCUT2D eigenvalue weighted by atomic mass is 9.94. The summed E-state index contributed by atoms with van der Waals surface area (Å²) in [6, 6.07) is 87.6. The molecule has 14 rings (SSSR count). The molecule has 0 saturated carbocycles. The molecular weight excluding hydrogens is 825 g/mol. The Balaban J connectivity index is 1.02. The molecule has 14 aromatic rings. The van der Waals surface area contributed by atoms with Gasteiger partial charge in [0.05, 0.1) is 39.0 Å². The molecule has 4 nitrogen and oxygen atoms in total. The van der Waals surface area contributed by atoms with Crippen LogP contribution in [0, 0.1) is 0 Å². The summed E-state index contributed by atoms with van der Waals surface area (Å²) < 4.78 is 4.96. The molecule has 3 aromatic heterocycles. The zero-order chi connectivity index (χ0) is 44.7. The molecule has 0 aliphatic rings. The van der Waals surface area contributed by atoms with Crippen molar-refractivity contribution in [2.24, 2.45) is 0 Å². The lowest BCUT2D eigenvalue weighted by Crippen LogP contribution is -1.98. The van der Waals surface area contributed by atoms with E-state index in [2.05, 4.69) is 234 Å². The number of hydrogen-bond acceptors (Lipinski definition) is 2. The maximum Gasteiger partial charge on any atom is 0.160 e. The predicted octanol–water partition coefficient (Wildman–Crippen LogP) is 16.8. The molecule has 0 saturated heterocycles. The van der Waals surface area contributed by atoms with Gasteiger partial charge >= 0.3 is 0 Å². The van der Waals surface area contributed by atoms with Crippen molar-refractivity contribution in [1.82, 2.24) is 19.1 Å². The van der Waals surface area contributed by atoms with Crippen LogP contribution < -0.4 is 0 Å². The third kappa shape index (κ3) is 5.87. The smallest absolute Gasteiger partial charge is 0.160 e. The molecular formula is C64H40N4. The van der Waals surface area contributed by atoms with E-state index < -0.39 is 0 Å². The first-order valence-corrected chi connectivity index (χ1v) is 23.2. The van der Waals surface area contributed by atoms with Crippen molar-refractivity contribution in [3.63, 3.8) is 0 Å². The van der Waals surface area contributed by atoms with Crippen molar-refractivity contribution in [3.05, 3.63) is 243 Å². The molecule has 0 N–H and O–H groups in total. The van der Waals surface area contributed by atoms with Crippen molar-refractivity contribution in [1.29, 1.82) is 0 Å². The lowest BCUT2D eigenvalue weighted by Gasteiger charge is -2.16. The highest BCUT2D eigenvalue weighted by Crippen LogP contribution is 2.46. The number of aromatic nitrogens is 4. The Morgan fingerprint density at radius 1 is 0.279 bits per heavy atom. The van der Waals surface area contributed by atoms with E-state index in [1.807, 2.05) is 18.2 Å². The maximum absolute atomic E-state index is 5.22. The number of benzene rings is 11. The first-order chi connectivity index (χ1) is 33.7. The average Bonchev–Trinajstić information content (AvgIpc) is 3.91. The van der Waals surface area contributed by atoms with Gasteiger partial charge < -0.3 is 9.13 Å². The van der Waals surface area contributed by atoms with E-state index in [0.29, 0.717) is 0 Å². The molecule has 11 aromatic carbocycles. The van der Waals surface area contributed by atoms with Gasteiger partial charge in [-0.15, -0.1) is 0 Å². The Bertz CT molecular complexity index is 4290. The topological polar surface area (TPSA) is 35.6 Å². The summed E-state index contributed by atoms with van der Waals surface area (Å²) in [5, 5.41) is 10.8. The molecule has 0 fully saturated rings. The second-order valence-electron chi connectivity index (χ2n) is 17.7. The van der Waals surface area contributed by atoms with Crippen LogP contribution in [0.4, 0.5) is 0 Å². The first-order valence-electron chi connectivity index (χ1n) is 23.2. The van der Waals surface area contributed by atoms with Gasteiger partial charge in [0.2, 0.25) is 0 Å². The van der Waals surface area contributed by atoms with Gasteiger partial charge in [-0.3, -0.25) is 0 Å². The van der Waals surface area contributed by atoms with Crippen LogP contribution in [0.25, 0.3) is 132 Å². The van der Waals surface area contributed by atoms with Gasteiger partial charge in [-0.2, -0.15) is 0 Å². The van der Waals surface area contributed by atoms with Crippen LogP contribution >= 0.6 is 0 Å². The largest absolute Gasteiger partial charge is 0.309 e. The van der Waals surface area contributed by atoms with E-state index in [1.165, 1.54) is 70.8 Å². The van der Waals surface area contributed by atoms with Gasteiger partial charge in [-0.05, 0) is 93.0 Å². The third-order valence-electron chi connectivity index (χ3n) is 13.9. The molecule has 0 bridgehead atoms. The molecule has 0 spiro atoms. The van der Waals surface area contributed by atoms with Crippen LogP contribution in [0.1, 0.15) is 0 Å². The highest BCUT2D eigenvalue weighted by atomic mass is 15.0. The third-order valence-corrected chi connectivity index (χ3v) is 13.9. The lowest BCUT2D eigenvalue weighted by molar-refractivity contribution is 1.17. The van der Waals surface area contributed by atoms with Gasteiger partial charge in [0.1, 0.15) is 0 Å². The minimum Gasteiger partial charge on any atom is -0.309 e. The van der Waals surface area contributed by atoms with E-state index in [-0.39, 0.29) is 0 Å². The standard InChI is InChI=1S/C64H40N4/c1-5-19-41(20-6-1)52-39-61-62(51-31-16-14-28-48(51)52)55-38-53-50-30-17-18-32-57(50)68(59(53)40-60(55)67(61)45-25-11-4-12-26-45)58-36-34-46(47-27-13-15-29-49(47)58)44-33-35-56-54(37-44)63(42-21-7-2-8-22-42)66-64(65-56)43-23-9-3-10-24-43/h1-40H. The van der Waals surface area contributed by atoms with E-state index in [1.54, 1.807) is 0 Å². The SMILES string of the molecule is c1ccc(-c2nc(-c3ccccc3)c3cc(-c4ccc(-n5c6ccccc6c6cc7c8c9ccccc9c(-c9ccccc9)cc8n(-c8ccccc8)c7cc65)c5ccccc45)ccc3n2)cc1. The Hall–Kier alpha value is -9.12. The van der Waals surface area contributed by atoms with Crippen LogP contribution in [0.2, 0.25) is 0 Å². The molecule has 68 heavy (non-hydrogen) atoms. The van der Waals surface area contributed by atoms with E-state index >= 15 is 0 Å². The monoisotopic (exact) mass is 864 g/mol. The van der Waals surface area contributed by atoms with Gasteiger partial charge in [-0.25, -0.2) is 9.97 Å². The van der Waals surface area contributed by atoms with Crippen molar-refractivity contribution < 1.29 is 0 Å². The fraction of sp³-hybridized carbons (Fsp3) is 0. The number of para-hydroxylation sites is 2. The van der Waals surface area contributed by atoms with Gasteiger partial charge in [0, 0.05) is 49.1 Å². The summed E-state index contributed by atoms with van der Waals surface area (Å²) in [6.07, 6.45) is 0. The molecule has 3 heterocycles. The van der Waals surface area contributed by atoms with Crippen LogP contribution in [0.3, 0.4) is 0 Å². The van der Waals surface area contributed by atoms with Crippen LogP contribution in [-0.2, 0) is 0 Å². The van der Waals surface area contributed by atoms with Crippen molar-refractivity contribution in [2.45, 2.75) is 0 Å². The average molecular weight is 865 g/mol. The highest BCUT2D eigenvalue weighted by molar-refractivity contribution is 6.27. The van der Waals surface area contributed by atoms with Crippen LogP contribution in [0.5, 0.6) is 0 Å². The first kappa shape index (κ1) is 38.2. The molecule has 0 atom stereocenters. The zero-order valence-electron chi connectivity index (χ0n) is 36.9. The minimum absolute atomic E-state index is 0.720. The summed E-state index contributed by atoms with van der Waals surface area (Å²) in [7, 11) is 0. The van der Waals surface area contributed by atoms with Gasteiger partial charge in [0.15, 0.2) is 5.82 Å². The fourth-order valence-electron chi connectivity index (χ4n) is 10.9. The summed E-state index contributed by atoms with van der Waals surface area (Å²) in [4.78, 5) is 10.3. The summed E-state index contributed by atoms with van der Waals surface area (Å²) in [6.45, 7) is 0. The maximum atomic E-state index is 5.22. The Kier molecular flexibility index (Phi) is 8.55. The summed E-state index contributed by atoms with van der Waals surface area (Å²) in [5.41, 5.74) is 15.6. The van der Waals surface area contributed by atoms with Crippen molar-refractivity contribution in [2.75, 3.05) is 0 Å². The Morgan fingerprint density at radius 3 is 1.60 bits per heavy atom. The molecule has 4 heteroatoms. The van der Waals surface area contributed by atoms with E-state index in [4.69, 9.17) is 9.97 Å². The molecule has 0 amide bonds. The molecule has 0 unspecified atom stereocenters. The van der Waals surface area contributed by atoms with E-state index in [9.17, 15) is 0 Å². The van der Waals surface area contributed by atoms with Crippen molar-refractivity contribution in [3.8, 4) is 56.3 Å². The Morgan fingerprint density at radius 2 is 0.868 bits per heavy atom. The molecule has 0 aliphatic carbocycles. The number of rotatable bonds is 6. The van der Waals surface area contributed by atoms with E-state index in [0.717, 1.165) is 61.6 Å². The van der Waals surface area contributed by atoms with Crippen LogP contribution in [-0.4, -0.2) is 19.1 Å². The zero-order valence-corrected chi connectivity index (χ0v) is 36.9. The van der Waals surface area contributed by atoms with Gasteiger partial charge in [-0.1, -0.05) is 188 Å². The number of nitrogens with zero attached hydrogens (tertiary/aromatic N) is 4. The summed E-state index contributed by atoms with van der Waals surface area (Å²) >= 11 is 0. The second-order valence-corrected chi connectivity index (χ2v) is 17.7. The quantitative estimate of drug-likeness (QED) is 0.167. The van der Waals surface area contributed by atoms with Crippen molar-refractivity contribution >= 4 is 76.1 Å². The van der Waals surface area contributed by atoms with Crippen LogP contribution in [0.15, 0.2) is 243 Å².